The molecule has 138 valence electrons. The van der Waals surface area contributed by atoms with Crippen molar-refractivity contribution in [3.05, 3.63) is 24.2 Å². The summed E-state index contributed by atoms with van der Waals surface area (Å²) in [5.74, 6) is 1.80. The Morgan fingerprint density at radius 3 is 2.75 bits per heavy atom. The van der Waals surface area contributed by atoms with Gasteiger partial charge >= 0.3 is 0 Å². The minimum atomic E-state index is 0. The predicted molar refractivity (Wildman–Crippen MR) is 109 cm³/mol. The number of guanidine groups is 1. The van der Waals surface area contributed by atoms with Crippen LogP contribution in [0.1, 0.15) is 51.7 Å². The molecule has 0 unspecified atom stereocenters. The molecule has 1 aliphatic rings. The smallest absolute Gasteiger partial charge is 0.191 e. The minimum absolute atomic E-state index is 0. The number of aliphatic imine (C=N–C) groups is 1. The van der Waals surface area contributed by atoms with Crippen LogP contribution in [0.3, 0.4) is 0 Å². The molecular formula is C18H32IN3O2. The fourth-order valence-corrected chi connectivity index (χ4v) is 2.84. The van der Waals surface area contributed by atoms with Crippen molar-refractivity contribution >= 4 is 29.9 Å². The first-order valence-corrected chi connectivity index (χ1v) is 8.90. The molecule has 2 rings (SSSR count). The first-order chi connectivity index (χ1) is 11.3. The fourth-order valence-electron chi connectivity index (χ4n) is 2.84. The van der Waals surface area contributed by atoms with Gasteiger partial charge < -0.3 is 19.8 Å². The van der Waals surface area contributed by atoms with Crippen LogP contribution in [0, 0.1) is 5.41 Å². The summed E-state index contributed by atoms with van der Waals surface area (Å²) in [6.07, 6.45) is 7.87. The third-order valence-electron chi connectivity index (χ3n) is 4.66. The number of rotatable bonds is 10. The second-order valence-electron chi connectivity index (χ2n) is 6.31. The van der Waals surface area contributed by atoms with Crippen LogP contribution in [0.25, 0.3) is 0 Å². The first-order valence-electron chi connectivity index (χ1n) is 8.90. The molecule has 1 heterocycles. The van der Waals surface area contributed by atoms with Crippen molar-refractivity contribution in [3.63, 3.8) is 0 Å². The Morgan fingerprint density at radius 2 is 2.17 bits per heavy atom. The van der Waals surface area contributed by atoms with E-state index in [1.54, 1.807) is 6.26 Å². The van der Waals surface area contributed by atoms with Crippen LogP contribution >= 0.6 is 24.0 Å². The zero-order chi connectivity index (χ0) is 16.4. The van der Waals surface area contributed by atoms with E-state index in [0.29, 0.717) is 18.6 Å². The van der Waals surface area contributed by atoms with Crippen molar-refractivity contribution in [1.82, 2.24) is 10.6 Å². The van der Waals surface area contributed by atoms with Crippen LogP contribution in [0.2, 0.25) is 0 Å². The van der Waals surface area contributed by atoms with Crippen LogP contribution in [0.5, 0.6) is 0 Å². The molecule has 2 N–H and O–H groups in total. The Morgan fingerprint density at radius 1 is 1.33 bits per heavy atom. The molecular weight excluding hydrogens is 417 g/mol. The van der Waals surface area contributed by atoms with Crippen molar-refractivity contribution in [2.45, 2.75) is 52.6 Å². The lowest BCUT2D eigenvalue weighted by Crippen LogP contribution is -2.40. The lowest BCUT2D eigenvalue weighted by molar-refractivity contribution is 0.105. The highest BCUT2D eigenvalue weighted by Crippen LogP contribution is 2.43. The summed E-state index contributed by atoms with van der Waals surface area (Å²) < 4.78 is 10.8. The van der Waals surface area contributed by atoms with Crippen molar-refractivity contribution in [2.75, 3.05) is 26.2 Å². The van der Waals surface area contributed by atoms with E-state index in [2.05, 4.69) is 24.5 Å². The summed E-state index contributed by atoms with van der Waals surface area (Å²) in [4.78, 5) is 4.78. The van der Waals surface area contributed by atoms with Gasteiger partial charge in [0.2, 0.25) is 0 Å². The molecule has 0 aliphatic heterocycles. The molecule has 1 fully saturated rings. The van der Waals surface area contributed by atoms with Gasteiger partial charge in [0.15, 0.2) is 5.96 Å². The van der Waals surface area contributed by atoms with Crippen LogP contribution in [-0.4, -0.2) is 32.2 Å². The summed E-state index contributed by atoms with van der Waals surface area (Å²) in [7, 11) is 0. The second kappa shape index (κ2) is 11.7. The van der Waals surface area contributed by atoms with E-state index >= 15 is 0 Å². The lowest BCUT2D eigenvalue weighted by atomic mass is 9.67. The topological polar surface area (TPSA) is 58.8 Å². The highest BCUT2D eigenvalue weighted by molar-refractivity contribution is 14.0. The molecule has 0 radical (unpaired) electrons. The third kappa shape index (κ3) is 7.01. The lowest BCUT2D eigenvalue weighted by Gasteiger charge is -2.40. The quantitative estimate of drug-likeness (QED) is 0.246. The zero-order valence-corrected chi connectivity index (χ0v) is 17.3. The van der Waals surface area contributed by atoms with E-state index in [1.807, 2.05) is 12.1 Å². The van der Waals surface area contributed by atoms with Crippen molar-refractivity contribution in [3.8, 4) is 0 Å². The molecule has 0 saturated heterocycles. The summed E-state index contributed by atoms with van der Waals surface area (Å²) >= 11 is 0. The Bertz CT molecular complexity index is 453. The normalized spacial score (nSPS) is 16.2. The van der Waals surface area contributed by atoms with Gasteiger partial charge in [-0.2, -0.15) is 0 Å². The molecule has 0 aromatic carbocycles. The summed E-state index contributed by atoms with van der Waals surface area (Å²) in [5.41, 5.74) is 0.467. The maximum atomic E-state index is 5.58. The molecule has 1 aromatic heterocycles. The van der Waals surface area contributed by atoms with Gasteiger partial charge in [-0.05, 0) is 50.2 Å². The summed E-state index contributed by atoms with van der Waals surface area (Å²) in [6, 6.07) is 3.81. The number of nitrogens with zero attached hydrogens (tertiary/aromatic N) is 1. The number of hydrogen-bond acceptors (Lipinski definition) is 3. The molecule has 1 aromatic rings. The van der Waals surface area contributed by atoms with Crippen LogP contribution in [0.4, 0.5) is 0 Å². The highest BCUT2D eigenvalue weighted by Gasteiger charge is 2.34. The monoisotopic (exact) mass is 449 g/mol. The van der Waals surface area contributed by atoms with Crippen LogP contribution in [-0.2, 0) is 11.3 Å². The van der Waals surface area contributed by atoms with Crippen LogP contribution in [0.15, 0.2) is 27.8 Å². The summed E-state index contributed by atoms with van der Waals surface area (Å²) in [6.45, 7) is 8.33. The molecule has 5 nitrogen and oxygen atoms in total. The number of hydrogen-bond donors (Lipinski definition) is 2. The number of furan rings is 1. The third-order valence-corrected chi connectivity index (χ3v) is 4.66. The van der Waals surface area contributed by atoms with Gasteiger partial charge in [0.25, 0.3) is 0 Å². The van der Waals surface area contributed by atoms with Crippen molar-refractivity contribution < 1.29 is 9.15 Å². The molecule has 1 aliphatic carbocycles. The molecule has 0 atom stereocenters. The van der Waals surface area contributed by atoms with Gasteiger partial charge in [-0.3, -0.25) is 4.99 Å². The number of nitrogens with one attached hydrogen (secondary N) is 2. The minimum Gasteiger partial charge on any atom is -0.467 e. The molecule has 0 amide bonds. The van der Waals surface area contributed by atoms with Gasteiger partial charge in [-0.1, -0.05) is 13.3 Å². The van der Waals surface area contributed by atoms with Gasteiger partial charge in [-0.15, -0.1) is 24.0 Å². The van der Waals surface area contributed by atoms with E-state index in [0.717, 1.165) is 37.8 Å². The van der Waals surface area contributed by atoms with E-state index < -0.39 is 0 Å². The largest absolute Gasteiger partial charge is 0.467 e. The Balaban J connectivity index is 0.00000288. The van der Waals surface area contributed by atoms with Gasteiger partial charge in [-0.25, -0.2) is 0 Å². The second-order valence-corrected chi connectivity index (χ2v) is 6.31. The standard InChI is InChI=1S/C18H31N3O2.HI/c1-3-18(9-6-10-18)15-21-17(19-4-2)20-11-7-12-22-14-16-8-5-13-23-16;/h5,8,13H,3-4,6-7,9-12,14-15H2,1-2H3,(H2,19,20,21);1H. The van der Waals surface area contributed by atoms with E-state index in [-0.39, 0.29) is 24.0 Å². The molecule has 6 heteroatoms. The van der Waals surface area contributed by atoms with Crippen LogP contribution < -0.4 is 10.6 Å². The summed E-state index contributed by atoms with van der Waals surface area (Å²) in [5, 5.41) is 6.72. The zero-order valence-electron chi connectivity index (χ0n) is 15.0. The first kappa shape index (κ1) is 21.3. The van der Waals surface area contributed by atoms with E-state index in [9.17, 15) is 0 Å². The Kier molecular flexibility index (Phi) is 10.4. The van der Waals surface area contributed by atoms with Crippen molar-refractivity contribution in [2.24, 2.45) is 10.4 Å². The van der Waals surface area contributed by atoms with Crippen molar-refractivity contribution in [1.29, 1.82) is 0 Å². The maximum absolute atomic E-state index is 5.58. The average molecular weight is 449 g/mol. The average Bonchev–Trinajstić information content (AvgIpc) is 3.03. The Labute approximate surface area is 163 Å². The van der Waals surface area contributed by atoms with Gasteiger partial charge in [0.1, 0.15) is 12.4 Å². The number of ether oxygens (including phenoxy) is 1. The molecule has 0 bridgehead atoms. The SMILES string of the molecule is CCNC(=NCC1(CC)CCC1)NCCCOCc1ccco1.I. The molecule has 0 spiro atoms. The maximum Gasteiger partial charge on any atom is 0.191 e. The Hall–Kier alpha value is -0.760. The predicted octanol–water partition coefficient (Wildman–Crippen LogP) is 3.94. The molecule has 1 saturated carbocycles. The van der Waals surface area contributed by atoms with E-state index in [1.165, 1.54) is 25.7 Å². The number of halogens is 1. The highest BCUT2D eigenvalue weighted by atomic mass is 127. The molecule has 24 heavy (non-hydrogen) atoms. The fraction of sp³-hybridized carbons (Fsp3) is 0.722. The van der Waals surface area contributed by atoms with Gasteiger partial charge in [0, 0.05) is 26.2 Å². The van der Waals surface area contributed by atoms with Gasteiger partial charge in [0.05, 0.1) is 6.26 Å². The van der Waals surface area contributed by atoms with E-state index in [4.69, 9.17) is 14.1 Å².